The van der Waals surface area contributed by atoms with E-state index in [-0.39, 0.29) is 5.92 Å². The lowest BCUT2D eigenvalue weighted by atomic mass is 9.97. The van der Waals surface area contributed by atoms with Crippen molar-refractivity contribution in [3.8, 4) is 0 Å². The van der Waals surface area contributed by atoms with Crippen molar-refractivity contribution in [3.63, 3.8) is 0 Å². The summed E-state index contributed by atoms with van der Waals surface area (Å²) >= 11 is 0. The van der Waals surface area contributed by atoms with Crippen LogP contribution in [-0.4, -0.2) is 19.0 Å². The predicted molar refractivity (Wildman–Crippen MR) is 63.1 cm³/mol. The number of nitrogen functional groups attached to an aromatic ring is 1. The summed E-state index contributed by atoms with van der Waals surface area (Å²) in [6, 6.07) is 7.71. The summed E-state index contributed by atoms with van der Waals surface area (Å²) in [4.78, 5) is 11.8. The average molecular weight is 219 g/mol. The number of carbonyl (C=O) groups excluding carboxylic acids is 1. The standard InChI is InChI=1S/C13H17NO2/c14-12-4-1-10(2-5-12)3-6-13(15)11-7-8-16-9-11/h1-2,4-5,11H,3,6-9,14H2. The van der Waals surface area contributed by atoms with E-state index < -0.39 is 0 Å². The molecule has 2 N–H and O–H groups in total. The minimum Gasteiger partial charge on any atom is -0.399 e. The molecule has 0 aliphatic carbocycles. The molecule has 0 amide bonds. The molecule has 0 aromatic heterocycles. The van der Waals surface area contributed by atoms with Crippen molar-refractivity contribution in [1.82, 2.24) is 0 Å². The minimum absolute atomic E-state index is 0.133. The van der Waals surface area contributed by atoms with Gasteiger partial charge in [0.15, 0.2) is 0 Å². The summed E-state index contributed by atoms with van der Waals surface area (Å²) in [5.41, 5.74) is 7.53. The van der Waals surface area contributed by atoms with Crippen molar-refractivity contribution >= 4 is 11.5 Å². The SMILES string of the molecule is Nc1ccc(CCC(=O)C2CCOC2)cc1. The van der Waals surface area contributed by atoms with Crippen LogP contribution in [0.4, 0.5) is 5.69 Å². The van der Waals surface area contributed by atoms with Gasteiger partial charge in [0, 0.05) is 24.6 Å². The Hall–Kier alpha value is -1.35. The third-order valence-electron chi connectivity index (χ3n) is 3.02. The molecular formula is C13H17NO2. The number of aryl methyl sites for hydroxylation is 1. The topological polar surface area (TPSA) is 52.3 Å². The van der Waals surface area contributed by atoms with Gasteiger partial charge < -0.3 is 10.5 Å². The second-order valence-corrected chi connectivity index (χ2v) is 4.27. The Morgan fingerprint density at radius 1 is 1.38 bits per heavy atom. The zero-order chi connectivity index (χ0) is 11.4. The minimum atomic E-state index is 0.133. The molecule has 3 heteroatoms. The number of ketones is 1. The Morgan fingerprint density at radius 3 is 2.75 bits per heavy atom. The Bertz CT molecular complexity index is 353. The number of hydrogen-bond acceptors (Lipinski definition) is 3. The molecule has 1 saturated heterocycles. The van der Waals surface area contributed by atoms with Gasteiger partial charge in [-0.3, -0.25) is 4.79 Å². The number of benzene rings is 1. The first kappa shape index (κ1) is 11.1. The third kappa shape index (κ3) is 2.83. The van der Waals surface area contributed by atoms with Gasteiger partial charge in [-0.05, 0) is 30.5 Å². The monoisotopic (exact) mass is 219 g/mol. The summed E-state index contributed by atoms with van der Waals surface area (Å²) in [5, 5.41) is 0. The molecule has 0 saturated carbocycles. The highest BCUT2D eigenvalue weighted by Gasteiger charge is 2.22. The second kappa shape index (κ2) is 5.12. The number of Topliss-reactive ketones (excluding diaryl/α,β-unsaturated/α-hetero) is 1. The van der Waals surface area contributed by atoms with E-state index in [4.69, 9.17) is 10.5 Å². The third-order valence-corrected chi connectivity index (χ3v) is 3.02. The highest BCUT2D eigenvalue weighted by molar-refractivity contribution is 5.81. The van der Waals surface area contributed by atoms with Crippen LogP contribution in [-0.2, 0) is 16.0 Å². The van der Waals surface area contributed by atoms with Gasteiger partial charge in [-0.15, -0.1) is 0 Å². The molecule has 1 fully saturated rings. The largest absolute Gasteiger partial charge is 0.399 e. The number of hydrogen-bond donors (Lipinski definition) is 1. The molecule has 0 bridgehead atoms. The van der Waals surface area contributed by atoms with Crippen molar-refractivity contribution in [2.45, 2.75) is 19.3 Å². The van der Waals surface area contributed by atoms with Gasteiger partial charge in [-0.25, -0.2) is 0 Å². The van der Waals surface area contributed by atoms with E-state index in [9.17, 15) is 4.79 Å². The van der Waals surface area contributed by atoms with Gasteiger partial charge in [-0.1, -0.05) is 12.1 Å². The van der Waals surface area contributed by atoms with E-state index in [0.717, 1.165) is 25.1 Å². The fraction of sp³-hybridized carbons (Fsp3) is 0.462. The molecule has 1 aliphatic rings. The molecule has 2 rings (SSSR count). The molecule has 0 radical (unpaired) electrons. The zero-order valence-corrected chi connectivity index (χ0v) is 9.32. The highest BCUT2D eigenvalue weighted by Crippen LogP contribution is 2.16. The molecule has 16 heavy (non-hydrogen) atoms. The molecule has 1 heterocycles. The summed E-state index contributed by atoms with van der Waals surface area (Å²) < 4.78 is 5.21. The zero-order valence-electron chi connectivity index (χ0n) is 9.32. The molecule has 86 valence electrons. The van der Waals surface area contributed by atoms with Gasteiger partial charge in [0.1, 0.15) is 5.78 Å². The number of rotatable bonds is 4. The van der Waals surface area contributed by atoms with E-state index in [1.807, 2.05) is 24.3 Å². The van der Waals surface area contributed by atoms with Crippen molar-refractivity contribution in [3.05, 3.63) is 29.8 Å². The predicted octanol–water partition coefficient (Wildman–Crippen LogP) is 1.81. The van der Waals surface area contributed by atoms with E-state index in [2.05, 4.69) is 0 Å². The molecule has 3 nitrogen and oxygen atoms in total. The normalized spacial score (nSPS) is 19.9. The average Bonchev–Trinajstić information content (AvgIpc) is 2.81. The molecule has 1 atom stereocenters. The molecule has 1 aromatic rings. The first-order valence-electron chi connectivity index (χ1n) is 5.70. The van der Waals surface area contributed by atoms with Crippen LogP contribution >= 0.6 is 0 Å². The fourth-order valence-electron chi connectivity index (χ4n) is 1.94. The number of ether oxygens (including phenoxy) is 1. The molecule has 1 aliphatic heterocycles. The van der Waals surface area contributed by atoms with Gasteiger partial charge in [0.25, 0.3) is 0 Å². The van der Waals surface area contributed by atoms with Gasteiger partial charge in [-0.2, -0.15) is 0 Å². The summed E-state index contributed by atoms with van der Waals surface area (Å²) in [5.74, 6) is 0.461. The lowest BCUT2D eigenvalue weighted by molar-refractivity contribution is -0.122. The molecule has 0 spiro atoms. The maximum absolute atomic E-state index is 11.8. The molecule has 1 unspecified atom stereocenters. The van der Waals surface area contributed by atoms with Crippen LogP contribution in [0.1, 0.15) is 18.4 Å². The van der Waals surface area contributed by atoms with Crippen molar-refractivity contribution in [2.24, 2.45) is 5.92 Å². The van der Waals surface area contributed by atoms with Crippen LogP contribution in [0.5, 0.6) is 0 Å². The van der Waals surface area contributed by atoms with E-state index >= 15 is 0 Å². The highest BCUT2D eigenvalue weighted by atomic mass is 16.5. The van der Waals surface area contributed by atoms with E-state index in [0.29, 0.717) is 18.8 Å². The van der Waals surface area contributed by atoms with Crippen LogP contribution in [0, 0.1) is 5.92 Å². The van der Waals surface area contributed by atoms with Gasteiger partial charge >= 0.3 is 0 Å². The Labute approximate surface area is 95.6 Å². The fourth-order valence-corrected chi connectivity index (χ4v) is 1.94. The number of carbonyl (C=O) groups is 1. The quantitative estimate of drug-likeness (QED) is 0.786. The lowest BCUT2D eigenvalue weighted by Crippen LogP contribution is -2.14. The van der Waals surface area contributed by atoms with Crippen LogP contribution in [0.15, 0.2) is 24.3 Å². The van der Waals surface area contributed by atoms with E-state index in [1.54, 1.807) is 0 Å². The number of nitrogens with two attached hydrogens (primary N) is 1. The van der Waals surface area contributed by atoms with Gasteiger partial charge in [0.05, 0.1) is 6.61 Å². The first-order chi connectivity index (χ1) is 7.75. The van der Waals surface area contributed by atoms with Crippen molar-refractivity contribution in [1.29, 1.82) is 0 Å². The van der Waals surface area contributed by atoms with E-state index in [1.165, 1.54) is 5.56 Å². The Morgan fingerprint density at radius 2 is 2.12 bits per heavy atom. The van der Waals surface area contributed by atoms with Crippen molar-refractivity contribution in [2.75, 3.05) is 18.9 Å². The summed E-state index contributed by atoms with van der Waals surface area (Å²) in [6.45, 7) is 1.35. The lowest BCUT2D eigenvalue weighted by Gasteiger charge is -2.06. The summed E-state index contributed by atoms with van der Waals surface area (Å²) in [6.07, 6.45) is 2.30. The molecular weight excluding hydrogens is 202 g/mol. The smallest absolute Gasteiger partial charge is 0.138 e. The Balaban J connectivity index is 1.82. The maximum Gasteiger partial charge on any atom is 0.138 e. The van der Waals surface area contributed by atoms with Crippen LogP contribution < -0.4 is 5.73 Å². The maximum atomic E-state index is 11.8. The Kier molecular flexibility index (Phi) is 3.57. The molecule has 1 aromatic carbocycles. The first-order valence-corrected chi connectivity index (χ1v) is 5.70. The summed E-state index contributed by atoms with van der Waals surface area (Å²) in [7, 11) is 0. The van der Waals surface area contributed by atoms with Crippen molar-refractivity contribution < 1.29 is 9.53 Å². The van der Waals surface area contributed by atoms with Gasteiger partial charge in [0.2, 0.25) is 0 Å². The van der Waals surface area contributed by atoms with Crippen LogP contribution in [0.3, 0.4) is 0 Å². The van der Waals surface area contributed by atoms with Crippen LogP contribution in [0.2, 0.25) is 0 Å². The van der Waals surface area contributed by atoms with Crippen LogP contribution in [0.25, 0.3) is 0 Å². The number of anilines is 1. The second-order valence-electron chi connectivity index (χ2n) is 4.27.